The first-order valence-corrected chi connectivity index (χ1v) is 8.80. The van der Waals surface area contributed by atoms with Gasteiger partial charge in [0.15, 0.2) is 5.96 Å². The zero-order valence-electron chi connectivity index (χ0n) is 15.7. The second-order valence-electron chi connectivity index (χ2n) is 6.40. The highest BCUT2D eigenvalue weighted by Gasteiger charge is 2.04. The zero-order valence-corrected chi connectivity index (χ0v) is 18.1. The summed E-state index contributed by atoms with van der Waals surface area (Å²) >= 11 is 0. The van der Waals surface area contributed by atoms with E-state index in [2.05, 4.69) is 70.1 Å². The molecular formula is C21H26IN5. The number of nitrogens with two attached hydrogens (primary N) is 1. The number of aromatic nitrogens is 2. The lowest BCUT2D eigenvalue weighted by atomic mass is 10.1. The molecule has 0 fully saturated rings. The summed E-state index contributed by atoms with van der Waals surface area (Å²) in [7, 11) is 0. The Morgan fingerprint density at radius 3 is 2.63 bits per heavy atom. The molecule has 2 aromatic carbocycles. The summed E-state index contributed by atoms with van der Waals surface area (Å²) in [4.78, 5) is 8.84. The number of guanidine groups is 1. The fraction of sp³-hybridized carbons (Fsp3) is 0.238. The van der Waals surface area contributed by atoms with Gasteiger partial charge in [-0.3, -0.25) is 0 Å². The Hall–Kier alpha value is -2.35. The molecule has 3 N–H and O–H groups in total. The molecule has 6 heteroatoms. The summed E-state index contributed by atoms with van der Waals surface area (Å²) in [5.41, 5.74) is 10.8. The lowest BCUT2D eigenvalue weighted by Gasteiger charge is -2.09. The van der Waals surface area contributed by atoms with Crippen molar-refractivity contribution in [2.75, 3.05) is 5.32 Å². The van der Waals surface area contributed by atoms with Gasteiger partial charge in [0.05, 0.1) is 0 Å². The van der Waals surface area contributed by atoms with Gasteiger partial charge in [0.1, 0.15) is 12.4 Å². The first-order chi connectivity index (χ1) is 12.6. The molecule has 1 aromatic heterocycles. The minimum absolute atomic E-state index is 0. The fourth-order valence-corrected chi connectivity index (χ4v) is 2.75. The maximum absolute atomic E-state index is 6.03. The smallest absolute Gasteiger partial charge is 0.193 e. The number of hydrogen-bond donors (Lipinski definition) is 2. The highest BCUT2D eigenvalue weighted by molar-refractivity contribution is 14.0. The predicted octanol–water partition coefficient (Wildman–Crippen LogP) is 4.29. The normalized spacial score (nSPS) is 11.1. The Kier molecular flexibility index (Phi) is 7.84. The van der Waals surface area contributed by atoms with Crippen LogP contribution in [0.5, 0.6) is 0 Å². The van der Waals surface area contributed by atoms with Crippen molar-refractivity contribution < 1.29 is 0 Å². The second-order valence-corrected chi connectivity index (χ2v) is 6.40. The Morgan fingerprint density at radius 2 is 1.89 bits per heavy atom. The van der Waals surface area contributed by atoms with Gasteiger partial charge in [-0.2, -0.15) is 0 Å². The molecule has 0 aliphatic rings. The van der Waals surface area contributed by atoms with Crippen LogP contribution in [0.15, 0.2) is 65.9 Å². The van der Waals surface area contributed by atoms with E-state index < -0.39 is 0 Å². The summed E-state index contributed by atoms with van der Waals surface area (Å²) in [6.07, 6.45) is 4.76. The van der Waals surface area contributed by atoms with Crippen molar-refractivity contribution in [1.82, 2.24) is 9.55 Å². The first kappa shape index (κ1) is 21.0. The standard InChI is InChI=1S/C21H25N5.HI/c1-16-8-9-19(14-17(16)2)25-21(22)24-15-20-23-11-13-26(20)12-10-18-6-4-3-5-7-18;/h3-9,11,13-14H,10,12,15H2,1-2H3,(H3,22,24,25);1H. The molecule has 0 atom stereocenters. The number of imidazole rings is 1. The molecule has 0 spiro atoms. The Morgan fingerprint density at radius 1 is 1.11 bits per heavy atom. The minimum atomic E-state index is 0. The van der Waals surface area contributed by atoms with Crippen LogP contribution in [0.3, 0.4) is 0 Å². The van der Waals surface area contributed by atoms with Gasteiger partial charge in [0.2, 0.25) is 0 Å². The summed E-state index contributed by atoms with van der Waals surface area (Å²) in [5.74, 6) is 1.30. The van der Waals surface area contributed by atoms with Crippen molar-refractivity contribution in [1.29, 1.82) is 0 Å². The average Bonchev–Trinajstić information content (AvgIpc) is 3.10. The van der Waals surface area contributed by atoms with Crippen LogP contribution in [0.2, 0.25) is 0 Å². The van der Waals surface area contributed by atoms with Crippen molar-refractivity contribution in [3.05, 3.63) is 83.4 Å². The molecule has 1 heterocycles. The lowest BCUT2D eigenvalue weighted by molar-refractivity contribution is 0.652. The number of anilines is 1. The number of hydrogen-bond acceptors (Lipinski definition) is 2. The molecule has 5 nitrogen and oxygen atoms in total. The lowest BCUT2D eigenvalue weighted by Crippen LogP contribution is -2.23. The number of aryl methyl sites for hydroxylation is 4. The van der Waals surface area contributed by atoms with Crippen LogP contribution < -0.4 is 11.1 Å². The van der Waals surface area contributed by atoms with Gasteiger partial charge in [-0.15, -0.1) is 24.0 Å². The van der Waals surface area contributed by atoms with Crippen molar-refractivity contribution in [3.63, 3.8) is 0 Å². The van der Waals surface area contributed by atoms with E-state index in [1.165, 1.54) is 16.7 Å². The van der Waals surface area contributed by atoms with Gasteiger partial charge in [-0.1, -0.05) is 36.4 Å². The average molecular weight is 475 g/mol. The van der Waals surface area contributed by atoms with Crippen LogP contribution in [0.25, 0.3) is 0 Å². The monoisotopic (exact) mass is 475 g/mol. The number of nitrogens with zero attached hydrogens (tertiary/aromatic N) is 3. The number of aliphatic imine (C=N–C) groups is 1. The van der Waals surface area contributed by atoms with Crippen LogP contribution >= 0.6 is 24.0 Å². The molecule has 0 radical (unpaired) electrons. The van der Waals surface area contributed by atoms with Crippen LogP contribution in [0, 0.1) is 13.8 Å². The van der Waals surface area contributed by atoms with Gasteiger partial charge in [-0.05, 0) is 49.1 Å². The topological polar surface area (TPSA) is 68.2 Å². The quantitative estimate of drug-likeness (QED) is 0.318. The first-order valence-electron chi connectivity index (χ1n) is 8.80. The molecule has 0 amide bonds. The molecule has 142 valence electrons. The van der Waals surface area contributed by atoms with Gasteiger partial charge in [-0.25, -0.2) is 9.98 Å². The number of halogens is 1. The molecule has 0 saturated carbocycles. The van der Waals surface area contributed by atoms with E-state index in [1.54, 1.807) is 0 Å². The van der Waals surface area contributed by atoms with Crippen molar-refractivity contribution in [2.45, 2.75) is 33.4 Å². The SMILES string of the molecule is Cc1ccc(NC(N)=NCc2nccn2CCc2ccccc2)cc1C.I. The third-order valence-corrected chi connectivity index (χ3v) is 4.46. The van der Waals surface area contributed by atoms with E-state index in [-0.39, 0.29) is 24.0 Å². The molecule has 0 saturated heterocycles. The van der Waals surface area contributed by atoms with Gasteiger partial charge < -0.3 is 15.6 Å². The molecule has 0 aliphatic heterocycles. The summed E-state index contributed by atoms with van der Waals surface area (Å²) < 4.78 is 2.12. The van der Waals surface area contributed by atoms with Crippen molar-refractivity contribution in [3.8, 4) is 0 Å². The minimum Gasteiger partial charge on any atom is -0.370 e. The zero-order chi connectivity index (χ0) is 18.4. The van der Waals surface area contributed by atoms with Gasteiger partial charge >= 0.3 is 0 Å². The van der Waals surface area contributed by atoms with Gasteiger partial charge in [0, 0.05) is 24.6 Å². The highest BCUT2D eigenvalue weighted by Crippen LogP contribution is 2.14. The van der Waals surface area contributed by atoms with Crippen LogP contribution in [0.4, 0.5) is 5.69 Å². The van der Waals surface area contributed by atoms with E-state index in [1.807, 2.05) is 24.5 Å². The third kappa shape index (κ3) is 6.09. The fourth-order valence-electron chi connectivity index (χ4n) is 2.75. The second kappa shape index (κ2) is 10.1. The molecular weight excluding hydrogens is 449 g/mol. The van der Waals surface area contributed by atoms with E-state index >= 15 is 0 Å². The molecule has 0 unspecified atom stereocenters. The number of rotatable bonds is 6. The maximum atomic E-state index is 6.03. The molecule has 0 aliphatic carbocycles. The maximum Gasteiger partial charge on any atom is 0.193 e. The van der Waals surface area contributed by atoms with Crippen molar-refractivity contribution in [2.24, 2.45) is 10.7 Å². The van der Waals surface area contributed by atoms with E-state index in [4.69, 9.17) is 5.73 Å². The third-order valence-electron chi connectivity index (χ3n) is 4.46. The molecule has 3 aromatic rings. The summed E-state index contributed by atoms with van der Waals surface area (Å²) in [6.45, 7) is 5.49. The van der Waals surface area contributed by atoms with Gasteiger partial charge in [0.25, 0.3) is 0 Å². The van der Waals surface area contributed by atoms with E-state index in [0.717, 1.165) is 24.5 Å². The van der Waals surface area contributed by atoms with Crippen LogP contribution in [-0.4, -0.2) is 15.5 Å². The number of benzene rings is 2. The molecule has 0 bridgehead atoms. The van der Waals surface area contributed by atoms with Crippen molar-refractivity contribution >= 4 is 35.6 Å². The Balaban J connectivity index is 0.00000261. The van der Waals surface area contributed by atoms with E-state index in [9.17, 15) is 0 Å². The summed E-state index contributed by atoms with van der Waals surface area (Å²) in [5, 5.41) is 3.14. The van der Waals surface area contributed by atoms with Crippen LogP contribution in [0.1, 0.15) is 22.5 Å². The Labute approximate surface area is 177 Å². The highest BCUT2D eigenvalue weighted by atomic mass is 127. The largest absolute Gasteiger partial charge is 0.370 e. The van der Waals surface area contributed by atoms with E-state index in [0.29, 0.717) is 12.5 Å². The molecule has 3 rings (SSSR count). The summed E-state index contributed by atoms with van der Waals surface area (Å²) in [6, 6.07) is 16.6. The Bertz CT molecular complexity index is 887. The number of nitrogens with one attached hydrogen (secondary N) is 1. The van der Waals surface area contributed by atoms with Crippen LogP contribution in [-0.2, 0) is 19.5 Å². The predicted molar refractivity (Wildman–Crippen MR) is 123 cm³/mol. The molecule has 27 heavy (non-hydrogen) atoms.